The minimum Gasteiger partial charge on any atom is -0.481 e. The van der Waals surface area contributed by atoms with Gasteiger partial charge in [-0.25, -0.2) is 0 Å². The first kappa shape index (κ1) is 19.4. The van der Waals surface area contributed by atoms with Crippen molar-refractivity contribution in [3.05, 3.63) is 6.42 Å². The van der Waals surface area contributed by atoms with E-state index in [1.165, 1.54) is 51.4 Å². The van der Waals surface area contributed by atoms with Gasteiger partial charge in [0.2, 0.25) is 0 Å². The molecule has 0 aromatic carbocycles. The van der Waals surface area contributed by atoms with Gasteiger partial charge in [0.05, 0.1) is 0 Å². The summed E-state index contributed by atoms with van der Waals surface area (Å²) in [5, 5.41) is 8.45. The number of rotatable bonds is 12. The van der Waals surface area contributed by atoms with Crippen LogP contribution in [0.4, 0.5) is 0 Å². The summed E-state index contributed by atoms with van der Waals surface area (Å²) in [6.07, 6.45) is 14.9. The van der Waals surface area contributed by atoms with Gasteiger partial charge in [0.15, 0.2) is 0 Å². The Bertz CT molecular complexity index is 160. The average molecular weight is 293 g/mol. The van der Waals surface area contributed by atoms with E-state index >= 15 is 0 Å². The molecule has 1 N–H and O–H groups in total. The maximum absolute atomic E-state index is 10.3. The van der Waals surface area contributed by atoms with Crippen molar-refractivity contribution in [2.45, 2.75) is 77.6 Å². The first-order valence-electron chi connectivity index (χ1n) is 6.80. The molecule has 98 valence electrons. The Morgan fingerprint density at radius 2 is 1.47 bits per heavy atom. The van der Waals surface area contributed by atoms with E-state index < -0.39 is 5.97 Å². The van der Waals surface area contributed by atoms with Crippen LogP contribution in [0.1, 0.15) is 77.6 Å². The molecular formula is C14H27O2Zn-. The molecule has 0 atom stereocenters. The molecule has 3 heteroatoms. The second-order valence-electron chi connectivity index (χ2n) is 4.48. The van der Waals surface area contributed by atoms with Crippen molar-refractivity contribution in [1.29, 1.82) is 0 Å². The van der Waals surface area contributed by atoms with Gasteiger partial charge in [-0.2, -0.15) is 12.8 Å². The molecule has 0 aromatic heterocycles. The van der Waals surface area contributed by atoms with Crippen LogP contribution in [-0.4, -0.2) is 11.1 Å². The molecule has 0 bridgehead atoms. The monoisotopic (exact) mass is 291 g/mol. The van der Waals surface area contributed by atoms with E-state index in [-0.39, 0.29) is 19.5 Å². The normalized spacial score (nSPS) is 9.94. The SMILES string of the molecule is CCCC[CH-]CCCCCCCCC(=O)O.[Zn]. The molecule has 0 spiro atoms. The van der Waals surface area contributed by atoms with E-state index in [2.05, 4.69) is 13.3 Å². The molecule has 2 nitrogen and oxygen atoms in total. The van der Waals surface area contributed by atoms with E-state index in [1.54, 1.807) is 0 Å². The van der Waals surface area contributed by atoms with Gasteiger partial charge >= 0.3 is 5.97 Å². The van der Waals surface area contributed by atoms with Gasteiger partial charge < -0.3 is 11.5 Å². The minimum atomic E-state index is -0.662. The van der Waals surface area contributed by atoms with Crippen molar-refractivity contribution < 1.29 is 29.4 Å². The van der Waals surface area contributed by atoms with Crippen LogP contribution in [0.25, 0.3) is 0 Å². The first-order valence-corrected chi connectivity index (χ1v) is 6.80. The Kier molecular flexibility index (Phi) is 18.4. The average Bonchev–Trinajstić information content (AvgIpc) is 2.25. The van der Waals surface area contributed by atoms with Gasteiger partial charge in [-0.05, 0) is 6.42 Å². The largest absolute Gasteiger partial charge is 0.481 e. The Balaban J connectivity index is 0. The van der Waals surface area contributed by atoms with Crippen LogP contribution >= 0.6 is 0 Å². The van der Waals surface area contributed by atoms with Crippen molar-refractivity contribution in [3.8, 4) is 0 Å². The van der Waals surface area contributed by atoms with Gasteiger partial charge in [-0.1, -0.05) is 51.9 Å². The molecule has 0 saturated heterocycles. The Hall–Kier alpha value is 0.0934. The third-order valence-electron chi connectivity index (χ3n) is 2.81. The summed E-state index contributed by atoms with van der Waals surface area (Å²) in [5.74, 6) is -0.662. The van der Waals surface area contributed by atoms with Gasteiger partial charge in [0.25, 0.3) is 0 Å². The second kappa shape index (κ2) is 16.1. The molecule has 0 aliphatic carbocycles. The van der Waals surface area contributed by atoms with Gasteiger partial charge in [0, 0.05) is 25.9 Å². The van der Waals surface area contributed by atoms with Crippen LogP contribution in [0.15, 0.2) is 0 Å². The molecule has 0 aromatic rings. The summed E-state index contributed by atoms with van der Waals surface area (Å²) < 4.78 is 0. The summed E-state index contributed by atoms with van der Waals surface area (Å²) in [7, 11) is 0. The van der Waals surface area contributed by atoms with Crippen LogP contribution < -0.4 is 0 Å². The quantitative estimate of drug-likeness (QED) is 0.325. The van der Waals surface area contributed by atoms with Crippen LogP contribution in [-0.2, 0) is 24.3 Å². The fraction of sp³-hybridized carbons (Fsp3) is 0.857. The summed E-state index contributed by atoms with van der Waals surface area (Å²) in [5.41, 5.74) is 0. The van der Waals surface area contributed by atoms with E-state index in [1.807, 2.05) is 0 Å². The van der Waals surface area contributed by atoms with E-state index in [0.29, 0.717) is 6.42 Å². The summed E-state index contributed by atoms with van der Waals surface area (Å²) in [6.45, 7) is 2.23. The van der Waals surface area contributed by atoms with E-state index in [0.717, 1.165) is 12.8 Å². The van der Waals surface area contributed by atoms with E-state index in [9.17, 15) is 4.79 Å². The third-order valence-corrected chi connectivity index (χ3v) is 2.81. The molecule has 0 amide bonds. The minimum absolute atomic E-state index is 0. The zero-order valence-electron chi connectivity index (χ0n) is 11.4. The number of aliphatic carboxylic acids is 1. The summed E-state index contributed by atoms with van der Waals surface area (Å²) in [4.78, 5) is 10.3. The van der Waals surface area contributed by atoms with Crippen LogP contribution in [0, 0.1) is 6.42 Å². The zero-order valence-corrected chi connectivity index (χ0v) is 14.4. The van der Waals surface area contributed by atoms with Crippen LogP contribution in [0.3, 0.4) is 0 Å². The maximum atomic E-state index is 10.3. The summed E-state index contributed by atoms with van der Waals surface area (Å²) in [6, 6.07) is 0. The topological polar surface area (TPSA) is 37.3 Å². The molecule has 0 heterocycles. The van der Waals surface area contributed by atoms with Crippen LogP contribution in [0.2, 0.25) is 0 Å². The number of carbonyl (C=O) groups is 1. The maximum Gasteiger partial charge on any atom is 0.303 e. The molecule has 0 aliphatic heterocycles. The molecular weight excluding hydrogens is 266 g/mol. The van der Waals surface area contributed by atoms with Gasteiger partial charge in [0.1, 0.15) is 0 Å². The van der Waals surface area contributed by atoms with Crippen molar-refractivity contribution in [1.82, 2.24) is 0 Å². The van der Waals surface area contributed by atoms with Crippen molar-refractivity contribution in [2.75, 3.05) is 0 Å². The number of carboxylic acid groups (broad SMARTS) is 1. The second-order valence-corrected chi connectivity index (χ2v) is 4.48. The third kappa shape index (κ3) is 18.6. The predicted octanol–water partition coefficient (Wildman–Crippen LogP) is 4.58. The summed E-state index contributed by atoms with van der Waals surface area (Å²) >= 11 is 0. The first-order chi connectivity index (χ1) is 7.77. The molecule has 0 saturated carbocycles. The van der Waals surface area contributed by atoms with E-state index in [4.69, 9.17) is 5.11 Å². The van der Waals surface area contributed by atoms with Gasteiger partial charge in [-0.15, -0.1) is 0 Å². The molecule has 0 aliphatic rings. The Morgan fingerprint density at radius 3 is 2.06 bits per heavy atom. The zero-order chi connectivity index (χ0) is 12.1. The van der Waals surface area contributed by atoms with Gasteiger partial charge in [-0.3, -0.25) is 4.79 Å². The standard InChI is InChI=1S/C14H27O2.Zn/c1-2-3-4-5-6-7-8-9-10-11-12-13-14(15)16;/h5H,2-4,6-13H2,1H3,(H,15,16);/q-1;. The molecule has 0 unspecified atom stereocenters. The van der Waals surface area contributed by atoms with Crippen molar-refractivity contribution in [2.24, 2.45) is 0 Å². The van der Waals surface area contributed by atoms with Crippen molar-refractivity contribution >= 4 is 5.97 Å². The fourth-order valence-electron chi connectivity index (χ4n) is 1.76. The number of unbranched alkanes of at least 4 members (excludes halogenated alkanes) is 10. The fourth-order valence-corrected chi connectivity index (χ4v) is 1.76. The Labute approximate surface area is 119 Å². The molecule has 0 rings (SSSR count). The number of hydrogen-bond donors (Lipinski definition) is 1. The van der Waals surface area contributed by atoms with Crippen molar-refractivity contribution in [3.63, 3.8) is 0 Å². The van der Waals surface area contributed by atoms with Crippen LogP contribution in [0.5, 0.6) is 0 Å². The number of carboxylic acids is 1. The molecule has 0 radical (unpaired) electrons. The molecule has 0 fully saturated rings. The Morgan fingerprint density at radius 1 is 0.941 bits per heavy atom. The predicted molar refractivity (Wildman–Crippen MR) is 68.4 cm³/mol. The smallest absolute Gasteiger partial charge is 0.303 e. The number of hydrogen-bond acceptors (Lipinski definition) is 1. The molecule has 17 heavy (non-hydrogen) atoms.